The van der Waals surface area contributed by atoms with Crippen LogP contribution in [0.4, 0.5) is 0 Å². The average Bonchev–Trinajstić information content (AvgIpc) is 2.46. The number of rotatable bonds is 9. The van der Waals surface area contributed by atoms with Crippen molar-refractivity contribution in [3.8, 4) is 0 Å². The summed E-state index contributed by atoms with van der Waals surface area (Å²) in [6.07, 6.45) is 13.3. The van der Waals surface area contributed by atoms with E-state index in [1.807, 2.05) is 0 Å². The number of benzene rings is 1. The van der Waals surface area contributed by atoms with Gasteiger partial charge in [-0.05, 0) is 64.0 Å². The van der Waals surface area contributed by atoms with E-state index in [2.05, 4.69) is 64.1 Å². The zero-order valence-corrected chi connectivity index (χ0v) is 16.9. The van der Waals surface area contributed by atoms with Crippen LogP contribution in [0.3, 0.4) is 0 Å². The Kier molecular flexibility index (Phi) is 12.6. The van der Waals surface area contributed by atoms with Gasteiger partial charge in [0.15, 0.2) is 0 Å². The number of allylic oxidation sites excluding steroid dienone is 4. The second-order valence-electron chi connectivity index (χ2n) is 6.35. The molecule has 0 atom stereocenters. The predicted molar refractivity (Wildman–Crippen MR) is 95.8 cm³/mol. The van der Waals surface area contributed by atoms with Gasteiger partial charge in [0.2, 0.25) is 0 Å². The van der Waals surface area contributed by atoms with Gasteiger partial charge in [-0.3, -0.25) is 0 Å². The molecule has 0 aliphatic carbocycles. The molecule has 0 heterocycles. The standard InChI is InChI=1S/C21H32.Au/c1-5-6-7-11-20-14-16-21(17-15-20)13-12-19(4)10-8-9-18(2)3;/h9,12,14-17H,5-8,10-11,13H2,1-4H3;/b19-12+;. The number of aryl methyl sites for hydroxylation is 1. The largest absolute Gasteiger partial charge is 0.0856 e. The molecule has 0 bridgehead atoms. The number of hydrogen-bond donors (Lipinski definition) is 0. The Morgan fingerprint density at radius 2 is 1.55 bits per heavy atom. The molecule has 1 rings (SSSR count). The molecule has 1 aromatic carbocycles. The molecule has 0 saturated carbocycles. The van der Waals surface area contributed by atoms with Crippen LogP contribution in [0.1, 0.15) is 70.9 Å². The van der Waals surface area contributed by atoms with Crippen LogP contribution in [-0.4, -0.2) is 0 Å². The summed E-state index contributed by atoms with van der Waals surface area (Å²) < 4.78 is 0. The van der Waals surface area contributed by atoms with Gasteiger partial charge in [0.05, 0.1) is 0 Å². The molecule has 0 spiro atoms. The normalized spacial score (nSPS) is 11.0. The summed E-state index contributed by atoms with van der Waals surface area (Å²) in [5.74, 6) is 0. The van der Waals surface area contributed by atoms with Crippen LogP contribution >= 0.6 is 0 Å². The Morgan fingerprint density at radius 3 is 2.14 bits per heavy atom. The number of unbranched alkanes of at least 4 members (excludes halogenated alkanes) is 2. The summed E-state index contributed by atoms with van der Waals surface area (Å²) in [4.78, 5) is 0. The van der Waals surface area contributed by atoms with Crippen LogP contribution < -0.4 is 0 Å². The van der Waals surface area contributed by atoms with Crippen molar-refractivity contribution in [3.63, 3.8) is 0 Å². The first kappa shape index (κ1) is 21.4. The van der Waals surface area contributed by atoms with Crippen molar-refractivity contribution in [1.29, 1.82) is 0 Å². The minimum Gasteiger partial charge on any atom is -0.0856 e. The molecule has 0 aromatic heterocycles. The van der Waals surface area contributed by atoms with Crippen LogP contribution in [0.5, 0.6) is 0 Å². The third-order valence-corrected chi connectivity index (χ3v) is 3.87. The van der Waals surface area contributed by atoms with Crippen molar-refractivity contribution in [2.24, 2.45) is 0 Å². The molecule has 0 unspecified atom stereocenters. The van der Waals surface area contributed by atoms with E-state index in [0.29, 0.717) is 0 Å². The first-order chi connectivity index (χ1) is 10.1. The minimum atomic E-state index is 0. The van der Waals surface area contributed by atoms with E-state index in [4.69, 9.17) is 0 Å². The van der Waals surface area contributed by atoms with Gasteiger partial charge in [0.25, 0.3) is 0 Å². The fourth-order valence-corrected chi connectivity index (χ4v) is 2.40. The Bertz CT molecular complexity index is 447. The smallest absolute Gasteiger partial charge is 0 e. The third-order valence-electron chi connectivity index (χ3n) is 3.87. The fraction of sp³-hybridized carbons (Fsp3) is 0.524. The average molecular weight is 481 g/mol. The predicted octanol–water partition coefficient (Wildman–Crippen LogP) is 6.65. The van der Waals surface area contributed by atoms with Crippen molar-refractivity contribution in [1.82, 2.24) is 0 Å². The van der Waals surface area contributed by atoms with E-state index in [1.54, 1.807) is 0 Å². The second-order valence-corrected chi connectivity index (χ2v) is 6.35. The Morgan fingerprint density at radius 1 is 0.909 bits per heavy atom. The summed E-state index contributed by atoms with van der Waals surface area (Å²) >= 11 is 0. The van der Waals surface area contributed by atoms with Crippen LogP contribution in [0.25, 0.3) is 0 Å². The van der Waals surface area contributed by atoms with E-state index >= 15 is 0 Å². The molecule has 22 heavy (non-hydrogen) atoms. The minimum absolute atomic E-state index is 0. The fourth-order valence-electron chi connectivity index (χ4n) is 2.40. The monoisotopic (exact) mass is 481 g/mol. The molecule has 0 amide bonds. The molecular weight excluding hydrogens is 449 g/mol. The van der Waals surface area contributed by atoms with E-state index < -0.39 is 0 Å². The van der Waals surface area contributed by atoms with Gasteiger partial charge in [-0.1, -0.05) is 67.3 Å². The molecular formula is C21H32Au. The van der Waals surface area contributed by atoms with Gasteiger partial charge in [-0.2, -0.15) is 0 Å². The van der Waals surface area contributed by atoms with Crippen molar-refractivity contribution < 1.29 is 22.4 Å². The van der Waals surface area contributed by atoms with Crippen molar-refractivity contribution in [2.45, 2.75) is 72.6 Å². The van der Waals surface area contributed by atoms with Crippen molar-refractivity contribution >= 4 is 0 Å². The Balaban J connectivity index is 0.00000441. The van der Waals surface area contributed by atoms with Gasteiger partial charge in [-0.15, -0.1) is 0 Å². The van der Waals surface area contributed by atoms with Crippen molar-refractivity contribution in [2.75, 3.05) is 0 Å². The quantitative estimate of drug-likeness (QED) is 0.210. The van der Waals surface area contributed by atoms with E-state index in [9.17, 15) is 0 Å². The Labute approximate surface area is 153 Å². The molecule has 0 saturated heterocycles. The maximum atomic E-state index is 2.38. The van der Waals surface area contributed by atoms with Crippen LogP contribution in [0, 0.1) is 0 Å². The summed E-state index contributed by atoms with van der Waals surface area (Å²) in [6.45, 7) is 8.84. The maximum absolute atomic E-state index is 2.38. The van der Waals surface area contributed by atoms with E-state index in [0.717, 1.165) is 6.42 Å². The van der Waals surface area contributed by atoms with Gasteiger partial charge in [0.1, 0.15) is 0 Å². The second kappa shape index (κ2) is 12.9. The van der Waals surface area contributed by atoms with Gasteiger partial charge >= 0.3 is 0 Å². The van der Waals surface area contributed by atoms with E-state index in [-0.39, 0.29) is 22.4 Å². The first-order valence-corrected chi connectivity index (χ1v) is 8.48. The first-order valence-electron chi connectivity index (χ1n) is 8.48. The molecule has 1 heteroatoms. The molecule has 1 aromatic rings. The summed E-state index contributed by atoms with van der Waals surface area (Å²) in [6, 6.07) is 9.19. The van der Waals surface area contributed by atoms with Crippen LogP contribution in [-0.2, 0) is 35.2 Å². The van der Waals surface area contributed by atoms with Crippen molar-refractivity contribution in [3.05, 3.63) is 58.7 Å². The SMILES string of the molecule is CCCCCc1ccc(C/C=C(\C)CCC=C(C)C)cc1.[Au]. The molecule has 127 valence electrons. The molecule has 0 nitrogen and oxygen atoms in total. The number of hydrogen-bond acceptors (Lipinski definition) is 0. The topological polar surface area (TPSA) is 0 Å². The third kappa shape index (κ3) is 10.2. The molecule has 0 aliphatic heterocycles. The zero-order chi connectivity index (χ0) is 15.5. The summed E-state index contributed by atoms with van der Waals surface area (Å²) in [5.41, 5.74) is 5.83. The molecule has 1 radical (unpaired) electrons. The zero-order valence-electron chi connectivity index (χ0n) is 14.7. The van der Waals surface area contributed by atoms with Gasteiger partial charge in [0, 0.05) is 22.4 Å². The molecule has 0 aliphatic rings. The van der Waals surface area contributed by atoms with Crippen LogP contribution in [0.2, 0.25) is 0 Å². The van der Waals surface area contributed by atoms with Gasteiger partial charge in [-0.25, -0.2) is 0 Å². The summed E-state index contributed by atoms with van der Waals surface area (Å²) in [7, 11) is 0. The van der Waals surface area contributed by atoms with Crippen LogP contribution in [0.15, 0.2) is 47.6 Å². The van der Waals surface area contributed by atoms with E-state index in [1.165, 1.54) is 60.8 Å². The van der Waals surface area contributed by atoms with Gasteiger partial charge < -0.3 is 0 Å². The molecule has 0 N–H and O–H groups in total. The summed E-state index contributed by atoms with van der Waals surface area (Å²) in [5, 5.41) is 0. The maximum Gasteiger partial charge on any atom is 0 e. The Hall–Kier alpha value is -0.560. The molecule has 0 fully saturated rings.